The first-order valence-corrected chi connectivity index (χ1v) is 8.70. The molecule has 1 aliphatic heterocycles. The molecule has 0 radical (unpaired) electrons. The smallest absolute Gasteiger partial charge is 0.137 e. The summed E-state index contributed by atoms with van der Waals surface area (Å²) in [5.41, 5.74) is 7.67. The lowest BCUT2D eigenvalue weighted by Crippen LogP contribution is -2.33. The van der Waals surface area contributed by atoms with Crippen molar-refractivity contribution in [2.24, 2.45) is 11.7 Å². The summed E-state index contributed by atoms with van der Waals surface area (Å²) in [6, 6.07) is 10.3. The molecule has 1 aliphatic rings. The van der Waals surface area contributed by atoms with Crippen LogP contribution in [-0.2, 0) is 6.54 Å². The highest BCUT2D eigenvalue weighted by Gasteiger charge is 2.18. The molecule has 1 saturated heterocycles. The Morgan fingerprint density at radius 1 is 1.17 bits per heavy atom. The van der Waals surface area contributed by atoms with Gasteiger partial charge in [-0.1, -0.05) is 42.5 Å². The second-order valence-electron chi connectivity index (χ2n) is 6.39. The predicted octanol–water partition coefficient (Wildman–Crippen LogP) is 3.71. The van der Waals surface area contributed by atoms with Crippen LogP contribution in [0.5, 0.6) is 0 Å². The molecule has 2 heterocycles. The number of likely N-dealkylation sites (tertiary alicyclic amines) is 1. The van der Waals surface area contributed by atoms with Crippen molar-refractivity contribution >= 4 is 0 Å². The first kappa shape index (κ1) is 16.5. The van der Waals surface area contributed by atoms with Crippen molar-refractivity contribution < 1.29 is 0 Å². The Hall–Kier alpha value is -2.33. The van der Waals surface area contributed by atoms with Crippen molar-refractivity contribution in [3.8, 4) is 11.4 Å². The normalized spacial score (nSPS) is 17.2. The van der Waals surface area contributed by atoms with Crippen molar-refractivity contribution in [3.63, 3.8) is 0 Å². The second kappa shape index (κ2) is 8.50. The van der Waals surface area contributed by atoms with Gasteiger partial charge in [-0.05, 0) is 50.5 Å². The van der Waals surface area contributed by atoms with Gasteiger partial charge in [0.15, 0.2) is 0 Å². The van der Waals surface area contributed by atoms with Crippen molar-refractivity contribution in [2.75, 3.05) is 13.1 Å². The SMILES string of the molecule is N/C=C\C=C/CC1CCN(Cc2cnc(-c3ccccc3)[nH]2)CC1. The lowest BCUT2D eigenvalue weighted by Gasteiger charge is -2.31. The van der Waals surface area contributed by atoms with E-state index in [1.807, 2.05) is 36.5 Å². The van der Waals surface area contributed by atoms with Gasteiger partial charge in [-0.15, -0.1) is 0 Å². The van der Waals surface area contributed by atoms with Gasteiger partial charge in [-0.2, -0.15) is 0 Å². The Balaban J connectivity index is 1.47. The van der Waals surface area contributed by atoms with Gasteiger partial charge in [0.25, 0.3) is 0 Å². The maximum Gasteiger partial charge on any atom is 0.137 e. The summed E-state index contributed by atoms with van der Waals surface area (Å²) in [4.78, 5) is 10.5. The summed E-state index contributed by atoms with van der Waals surface area (Å²) in [5.74, 6) is 1.75. The lowest BCUT2D eigenvalue weighted by molar-refractivity contribution is 0.177. The number of allylic oxidation sites excluding steroid dienone is 3. The van der Waals surface area contributed by atoms with Gasteiger partial charge in [-0.25, -0.2) is 4.98 Å². The van der Waals surface area contributed by atoms with Crippen LogP contribution < -0.4 is 5.73 Å². The number of H-pyrrole nitrogens is 1. The Labute approximate surface area is 144 Å². The molecule has 0 aliphatic carbocycles. The highest BCUT2D eigenvalue weighted by molar-refractivity contribution is 5.54. The first-order valence-electron chi connectivity index (χ1n) is 8.70. The number of benzene rings is 1. The van der Waals surface area contributed by atoms with E-state index in [1.54, 1.807) is 6.20 Å². The van der Waals surface area contributed by atoms with E-state index in [0.29, 0.717) is 0 Å². The minimum Gasteiger partial charge on any atom is -0.405 e. The molecule has 0 spiro atoms. The summed E-state index contributed by atoms with van der Waals surface area (Å²) in [7, 11) is 0. The minimum absolute atomic E-state index is 0.797. The second-order valence-corrected chi connectivity index (χ2v) is 6.39. The molecule has 0 atom stereocenters. The van der Waals surface area contributed by atoms with E-state index < -0.39 is 0 Å². The maximum atomic E-state index is 5.33. The fourth-order valence-electron chi connectivity index (χ4n) is 3.22. The number of nitrogens with one attached hydrogen (secondary N) is 1. The fourth-order valence-corrected chi connectivity index (χ4v) is 3.22. The Morgan fingerprint density at radius 3 is 2.71 bits per heavy atom. The number of nitrogens with two attached hydrogens (primary N) is 1. The molecule has 0 unspecified atom stereocenters. The Morgan fingerprint density at radius 2 is 1.96 bits per heavy atom. The highest BCUT2D eigenvalue weighted by Crippen LogP contribution is 2.22. The number of imidazole rings is 1. The van der Waals surface area contributed by atoms with Gasteiger partial charge < -0.3 is 10.7 Å². The molecule has 126 valence electrons. The van der Waals surface area contributed by atoms with Gasteiger partial charge in [0, 0.05) is 24.0 Å². The third kappa shape index (κ3) is 4.59. The van der Waals surface area contributed by atoms with Crippen molar-refractivity contribution in [2.45, 2.75) is 25.8 Å². The summed E-state index contributed by atoms with van der Waals surface area (Å²) >= 11 is 0. The molecule has 1 aromatic heterocycles. The van der Waals surface area contributed by atoms with Gasteiger partial charge in [0.1, 0.15) is 5.82 Å². The van der Waals surface area contributed by atoms with Crippen LogP contribution >= 0.6 is 0 Å². The molecule has 4 nitrogen and oxygen atoms in total. The Bertz CT molecular complexity index is 664. The monoisotopic (exact) mass is 322 g/mol. The molecule has 0 bridgehead atoms. The van der Waals surface area contributed by atoms with E-state index in [4.69, 9.17) is 5.73 Å². The zero-order valence-corrected chi connectivity index (χ0v) is 14.1. The molecule has 2 aromatic rings. The number of hydrogen-bond acceptors (Lipinski definition) is 3. The van der Waals surface area contributed by atoms with Crippen LogP contribution in [0.1, 0.15) is 25.0 Å². The molecular weight excluding hydrogens is 296 g/mol. The zero-order chi connectivity index (χ0) is 16.6. The number of hydrogen-bond donors (Lipinski definition) is 2. The number of aromatic amines is 1. The van der Waals surface area contributed by atoms with E-state index in [9.17, 15) is 0 Å². The molecule has 0 amide bonds. The molecule has 24 heavy (non-hydrogen) atoms. The quantitative estimate of drug-likeness (QED) is 0.797. The van der Waals surface area contributed by atoms with Crippen LogP contribution in [0.2, 0.25) is 0 Å². The average Bonchev–Trinajstić information content (AvgIpc) is 3.09. The van der Waals surface area contributed by atoms with Gasteiger partial charge >= 0.3 is 0 Å². The number of rotatable bonds is 6. The zero-order valence-electron chi connectivity index (χ0n) is 14.1. The third-order valence-corrected chi connectivity index (χ3v) is 4.60. The van der Waals surface area contributed by atoms with Crippen LogP contribution in [-0.4, -0.2) is 28.0 Å². The van der Waals surface area contributed by atoms with Crippen molar-refractivity contribution in [1.29, 1.82) is 0 Å². The summed E-state index contributed by atoms with van der Waals surface area (Å²) in [6.45, 7) is 3.27. The van der Waals surface area contributed by atoms with Crippen LogP contribution in [0, 0.1) is 5.92 Å². The molecular formula is C20H26N4. The molecule has 0 saturated carbocycles. The van der Waals surface area contributed by atoms with Crippen molar-refractivity contribution in [3.05, 3.63) is 66.7 Å². The molecule has 4 heteroatoms. The van der Waals surface area contributed by atoms with Crippen LogP contribution in [0.4, 0.5) is 0 Å². The van der Waals surface area contributed by atoms with Crippen LogP contribution in [0.3, 0.4) is 0 Å². The number of nitrogens with zero attached hydrogens (tertiary/aromatic N) is 2. The highest BCUT2D eigenvalue weighted by atomic mass is 15.1. The number of piperidine rings is 1. The van der Waals surface area contributed by atoms with Crippen LogP contribution in [0.15, 0.2) is 61.0 Å². The van der Waals surface area contributed by atoms with Gasteiger partial charge in [0.2, 0.25) is 0 Å². The molecule has 3 N–H and O–H groups in total. The molecule has 1 fully saturated rings. The van der Waals surface area contributed by atoms with Crippen LogP contribution in [0.25, 0.3) is 11.4 Å². The van der Waals surface area contributed by atoms with E-state index >= 15 is 0 Å². The average molecular weight is 322 g/mol. The summed E-state index contributed by atoms with van der Waals surface area (Å²) in [5, 5.41) is 0. The standard InChI is InChI=1S/C20H26N4/c21-12-6-2-3-7-17-10-13-24(14-11-17)16-19-15-22-20(23-19)18-8-4-1-5-9-18/h1-6,8-9,12,15,17H,7,10-11,13-14,16,21H2,(H,22,23)/b3-2-,12-6-. The maximum absolute atomic E-state index is 5.33. The fraction of sp³-hybridized carbons (Fsp3) is 0.350. The predicted molar refractivity (Wildman–Crippen MR) is 99.1 cm³/mol. The largest absolute Gasteiger partial charge is 0.405 e. The third-order valence-electron chi connectivity index (χ3n) is 4.60. The minimum atomic E-state index is 0.797. The van der Waals surface area contributed by atoms with E-state index in [-0.39, 0.29) is 0 Å². The van der Waals surface area contributed by atoms with E-state index in [2.05, 4.69) is 33.1 Å². The molecule has 1 aromatic carbocycles. The van der Waals surface area contributed by atoms with E-state index in [1.165, 1.54) is 18.5 Å². The Kier molecular flexibility index (Phi) is 5.85. The van der Waals surface area contributed by atoms with Gasteiger partial charge in [-0.3, -0.25) is 4.90 Å². The van der Waals surface area contributed by atoms with Crippen molar-refractivity contribution in [1.82, 2.24) is 14.9 Å². The number of aromatic nitrogens is 2. The first-order chi connectivity index (χ1) is 11.8. The summed E-state index contributed by atoms with van der Waals surface area (Å²) in [6.07, 6.45) is 13.4. The lowest BCUT2D eigenvalue weighted by atomic mass is 9.93. The topological polar surface area (TPSA) is 57.9 Å². The molecule has 3 rings (SSSR count). The van der Waals surface area contributed by atoms with E-state index in [0.717, 1.165) is 43.4 Å². The summed E-state index contributed by atoms with van der Waals surface area (Å²) < 4.78 is 0. The van der Waals surface area contributed by atoms with Gasteiger partial charge in [0.05, 0.1) is 0 Å².